The minimum atomic E-state index is -4.49. The molecule has 0 aliphatic carbocycles. The average molecular weight is 441 g/mol. The van der Waals surface area contributed by atoms with Crippen LogP contribution in [-0.4, -0.2) is 28.5 Å². The number of nitrogens with zero attached hydrogens (tertiary/aromatic N) is 2. The van der Waals surface area contributed by atoms with Gasteiger partial charge in [-0.1, -0.05) is 12.1 Å². The number of nitrogens with one attached hydrogen (secondary N) is 1. The molecule has 0 radical (unpaired) electrons. The molecule has 1 aromatic heterocycles. The number of anilines is 1. The Bertz CT molecular complexity index is 1260. The summed E-state index contributed by atoms with van der Waals surface area (Å²) in [4.78, 5) is 16.7. The number of carbonyl (C=O) groups is 1. The minimum Gasteiger partial charge on any atom is -0.461 e. The predicted molar refractivity (Wildman–Crippen MR) is 115 cm³/mol. The molecule has 6 nitrogen and oxygen atoms in total. The van der Waals surface area contributed by atoms with Crippen LogP contribution >= 0.6 is 0 Å². The van der Waals surface area contributed by atoms with Crippen LogP contribution in [0.3, 0.4) is 0 Å². The van der Waals surface area contributed by atoms with Gasteiger partial charge in [-0.05, 0) is 48.5 Å². The molecule has 0 fully saturated rings. The Morgan fingerprint density at radius 3 is 2.81 bits per heavy atom. The second-order valence-corrected chi connectivity index (χ2v) is 6.99. The molecule has 0 atom stereocenters. The molecule has 0 bridgehead atoms. The Morgan fingerprint density at radius 1 is 1.19 bits per heavy atom. The maximum absolute atomic E-state index is 12.9. The van der Waals surface area contributed by atoms with Crippen molar-refractivity contribution in [3.63, 3.8) is 0 Å². The van der Waals surface area contributed by atoms with Gasteiger partial charge in [-0.15, -0.1) is 0 Å². The molecule has 1 amide bonds. The number of hydrogen-bond donors (Lipinski definition) is 2. The first-order valence-corrected chi connectivity index (χ1v) is 9.64. The van der Waals surface area contributed by atoms with Crippen LogP contribution in [0.2, 0.25) is 0 Å². The molecule has 164 valence electrons. The number of ether oxygens (including phenoxy) is 1. The fourth-order valence-electron chi connectivity index (χ4n) is 3.21. The number of hydrogen-bond acceptors (Lipinski definition) is 4. The van der Waals surface area contributed by atoms with E-state index in [1.54, 1.807) is 42.6 Å². The zero-order valence-corrected chi connectivity index (χ0v) is 16.6. The zero-order valence-electron chi connectivity index (χ0n) is 16.6. The lowest BCUT2D eigenvalue weighted by Gasteiger charge is -2.11. The maximum Gasteiger partial charge on any atom is 0.416 e. The van der Waals surface area contributed by atoms with Crippen LogP contribution in [0.15, 0.2) is 83.3 Å². The van der Waals surface area contributed by atoms with Crippen molar-refractivity contribution >= 4 is 28.8 Å². The van der Waals surface area contributed by atoms with Gasteiger partial charge in [0.05, 0.1) is 23.4 Å². The highest BCUT2D eigenvalue weighted by atomic mass is 19.4. The Labute approximate surface area is 180 Å². The minimum absolute atomic E-state index is 0.0453. The standard InChI is InChI=1S/C23H18F3N3O3/c24-23(25,26)16-2-1-3-17(13-16)28-22(31)29-11-9-15-12-20(6-7-21(15)29)32-19-5-4-18(14-30)27-10-8-19/h1-4,6-13,30H,5,14H2,(H,28,31). The quantitative estimate of drug-likeness (QED) is 0.573. The van der Waals surface area contributed by atoms with Crippen molar-refractivity contribution in [2.75, 3.05) is 11.9 Å². The molecule has 1 aliphatic rings. The predicted octanol–water partition coefficient (Wildman–Crippen LogP) is 5.35. The number of benzene rings is 2. The number of aliphatic imine (C=N–C) groups is 1. The van der Waals surface area contributed by atoms with Crippen LogP contribution in [0.1, 0.15) is 12.0 Å². The number of fused-ring (bicyclic) bond motifs is 1. The van der Waals surface area contributed by atoms with E-state index in [9.17, 15) is 18.0 Å². The lowest BCUT2D eigenvalue weighted by atomic mass is 10.2. The second kappa shape index (κ2) is 8.72. The smallest absolute Gasteiger partial charge is 0.416 e. The van der Waals surface area contributed by atoms with Gasteiger partial charge in [-0.2, -0.15) is 13.2 Å². The monoisotopic (exact) mass is 441 g/mol. The van der Waals surface area contributed by atoms with Crippen LogP contribution < -0.4 is 10.1 Å². The van der Waals surface area contributed by atoms with Crippen molar-refractivity contribution in [2.24, 2.45) is 4.99 Å². The SMILES string of the molecule is O=C(Nc1cccc(C(F)(F)F)c1)n1ccc2cc(OC3=CC=NC(CO)=CC3)ccc21. The zero-order chi connectivity index (χ0) is 22.7. The van der Waals surface area contributed by atoms with Crippen molar-refractivity contribution in [1.82, 2.24) is 4.57 Å². The van der Waals surface area contributed by atoms with Crippen LogP contribution in [0.25, 0.3) is 10.9 Å². The van der Waals surface area contributed by atoms with Crippen LogP contribution in [0.4, 0.5) is 23.7 Å². The van der Waals surface area contributed by atoms with Gasteiger partial charge in [0.15, 0.2) is 0 Å². The molecule has 2 N–H and O–H groups in total. The number of aliphatic hydroxyl groups is 1. The van der Waals surface area contributed by atoms with E-state index in [1.807, 2.05) is 0 Å². The Balaban J connectivity index is 1.51. The number of halogens is 3. The van der Waals surface area contributed by atoms with Crippen LogP contribution in [-0.2, 0) is 6.18 Å². The van der Waals surface area contributed by atoms with Gasteiger partial charge < -0.3 is 15.2 Å². The highest BCUT2D eigenvalue weighted by Crippen LogP contribution is 2.31. The number of amides is 1. The Morgan fingerprint density at radius 2 is 2.03 bits per heavy atom. The summed E-state index contributed by atoms with van der Waals surface area (Å²) in [5, 5.41) is 12.4. The molecule has 32 heavy (non-hydrogen) atoms. The lowest BCUT2D eigenvalue weighted by Crippen LogP contribution is -2.18. The average Bonchev–Trinajstić information content (AvgIpc) is 3.05. The van der Waals surface area contributed by atoms with Crippen molar-refractivity contribution in [3.05, 3.63) is 83.9 Å². The summed E-state index contributed by atoms with van der Waals surface area (Å²) in [6.45, 7) is -0.153. The van der Waals surface area contributed by atoms with E-state index >= 15 is 0 Å². The van der Waals surface area contributed by atoms with E-state index in [2.05, 4.69) is 10.3 Å². The van der Waals surface area contributed by atoms with Crippen LogP contribution in [0, 0.1) is 0 Å². The molecular formula is C23H18F3N3O3. The van der Waals surface area contributed by atoms with Gasteiger partial charge in [0.25, 0.3) is 0 Å². The fraction of sp³-hybridized carbons (Fsp3) is 0.130. The first-order valence-electron chi connectivity index (χ1n) is 9.64. The molecule has 0 saturated carbocycles. The molecule has 9 heteroatoms. The highest BCUT2D eigenvalue weighted by molar-refractivity contribution is 5.98. The van der Waals surface area contributed by atoms with Gasteiger partial charge >= 0.3 is 12.2 Å². The first-order chi connectivity index (χ1) is 15.3. The van der Waals surface area contributed by atoms with Gasteiger partial charge in [-0.3, -0.25) is 9.56 Å². The molecule has 0 saturated heterocycles. The van der Waals surface area contributed by atoms with Crippen LogP contribution in [0.5, 0.6) is 5.75 Å². The van der Waals surface area contributed by atoms with Crippen molar-refractivity contribution in [1.29, 1.82) is 0 Å². The number of aliphatic hydroxyl groups excluding tert-OH is 1. The van der Waals surface area contributed by atoms with E-state index in [4.69, 9.17) is 9.84 Å². The summed E-state index contributed by atoms with van der Waals surface area (Å²) in [5.74, 6) is 1.19. The van der Waals surface area contributed by atoms with Gasteiger partial charge in [0.1, 0.15) is 11.5 Å². The van der Waals surface area contributed by atoms with Crippen molar-refractivity contribution in [2.45, 2.75) is 12.6 Å². The van der Waals surface area contributed by atoms with E-state index in [-0.39, 0.29) is 12.3 Å². The maximum atomic E-state index is 12.9. The van der Waals surface area contributed by atoms with E-state index < -0.39 is 17.8 Å². The normalized spacial score (nSPS) is 14.0. The molecular weight excluding hydrogens is 423 g/mol. The Kier molecular flexibility index (Phi) is 5.83. The highest BCUT2D eigenvalue weighted by Gasteiger charge is 2.30. The molecule has 0 unspecified atom stereocenters. The third-order valence-electron chi connectivity index (χ3n) is 4.77. The molecule has 4 rings (SSSR count). The summed E-state index contributed by atoms with van der Waals surface area (Å²) in [7, 11) is 0. The van der Waals surface area contributed by atoms with Crippen molar-refractivity contribution in [3.8, 4) is 5.75 Å². The summed E-state index contributed by atoms with van der Waals surface area (Å²) < 4.78 is 45.9. The van der Waals surface area contributed by atoms with Gasteiger partial charge in [-0.25, -0.2) is 4.79 Å². The summed E-state index contributed by atoms with van der Waals surface area (Å²) in [6.07, 6.45) is 2.53. The van der Waals surface area contributed by atoms with Crippen molar-refractivity contribution < 1.29 is 27.8 Å². The number of alkyl halides is 3. The van der Waals surface area contributed by atoms with E-state index in [1.165, 1.54) is 22.9 Å². The topological polar surface area (TPSA) is 75.9 Å². The fourth-order valence-corrected chi connectivity index (χ4v) is 3.21. The van der Waals surface area contributed by atoms with E-state index in [0.717, 1.165) is 17.5 Å². The first kappa shape index (κ1) is 21.4. The molecule has 2 aromatic carbocycles. The molecule has 0 spiro atoms. The second-order valence-electron chi connectivity index (χ2n) is 6.99. The Hall–Kier alpha value is -3.85. The number of carbonyl (C=O) groups excluding carboxylic acids is 1. The summed E-state index contributed by atoms with van der Waals surface area (Å²) in [6, 6.07) is 10.7. The lowest BCUT2D eigenvalue weighted by molar-refractivity contribution is -0.137. The molecule has 3 aromatic rings. The third kappa shape index (κ3) is 4.73. The van der Waals surface area contributed by atoms with E-state index in [0.29, 0.717) is 29.1 Å². The number of aromatic nitrogens is 1. The number of rotatable bonds is 4. The molecule has 2 heterocycles. The molecule has 1 aliphatic heterocycles. The number of allylic oxidation sites excluding steroid dienone is 2. The summed E-state index contributed by atoms with van der Waals surface area (Å²) in [5.41, 5.74) is 0.331. The third-order valence-corrected chi connectivity index (χ3v) is 4.77. The largest absolute Gasteiger partial charge is 0.461 e. The van der Waals surface area contributed by atoms with Gasteiger partial charge in [0.2, 0.25) is 0 Å². The van der Waals surface area contributed by atoms with Gasteiger partial charge in [0, 0.05) is 29.9 Å². The summed E-state index contributed by atoms with van der Waals surface area (Å²) >= 11 is 0.